The van der Waals surface area contributed by atoms with Gasteiger partial charge < -0.3 is 15.1 Å². The van der Waals surface area contributed by atoms with Gasteiger partial charge in [-0.25, -0.2) is 4.68 Å². The second-order valence-electron chi connectivity index (χ2n) is 13.8. The Morgan fingerprint density at radius 1 is 0.894 bits per heavy atom. The molecule has 47 heavy (non-hydrogen) atoms. The van der Waals surface area contributed by atoms with Crippen LogP contribution in [0, 0.1) is 0 Å². The Hall–Kier alpha value is -4.35. The van der Waals surface area contributed by atoms with Gasteiger partial charge in [0.2, 0.25) is 11.8 Å². The summed E-state index contributed by atoms with van der Waals surface area (Å²) in [5.74, 6) is 0.0948. The summed E-state index contributed by atoms with van der Waals surface area (Å²) in [6, 6.07) is 16.6. The first kappa shape index (κ1) is 31.3. The molecule has 3 fully saturated rings. The van der Waals surface area contributed by atoms with Crippen LogP contribution in [0.1, 0.15) is 76.6 Å². The van der Waals surface area contributed by atoms with Crippen LogP contribution in [-0.4, -0.2) is 87.5 Å². The third kappa shape index (κ3) is 6.73. The second-order valence-corrected chi connectivity index (χ2v) is 13.8. The number of likely N-dealkylation sites (N-methyl/N-ethyl adjacent to an activating group) is 1. The Kier molecular flexibility index (Phi) is 8.67. The molecular weight excluding hydrogens is 594 g/mol. The Morgan fingerprint density at radius 2 is 1.66 bits per heavy atom. The minimum Gasteiger partial charge on any atom is -0.380 e. The lowest BCUT2D eigenvalue weighted by Crippen LogP contribution is -2.52. The lowest BCUT2D eigenvalue weighted by molar-refractivity contribution is -0.136. The van der Waals surface area contributed by atoms with Gasteiger partial charge in [0.25, 0.3) is 11.5 Å². The van der Waals surface area contributed by atoms with Crippen molar-refractivity contribution in [3.05, 3.63) is 92.9 Å². The first-order chi connectivity index (χ1) is 22.7. The summed E-state index contributed by atoms with van der Waals surface area (Å²) in [5, 5.41) is 10.1. The lowest BCUT2D eigenvalue weighted by Gasteiger charge is -2.37. The van der Waals surface area contributed by atoms with Gasteiger partial charge in [0.15, 0.2) is 0 Å². The van der Waals surface area contributed by atoms with Crippen LogP contribution in [0.5, 0.6) is 0 Å². The van der Waals surface area contributed by atoms with Gasteiger partial charge in [-0.05, 0) is 86.0 Å². The Balaban J connectivity index is 0.917. The topological polar surface area (TPSA) is 120 Å². The van der Waals surface area contributed by atoms with Crippen LogP contribution >= 0.6 is 0 Å². The quantitative estimate of drug-likeness (QED) is 0.380. The monoisotopic (exact) mass is 637 g/mol. The predicted molar refractivity (Wildman–Crippen MR) is 178 cm³/mol. The number of carbonyl (C=O) groups excluding carboxylic acids is 3. The summed E-state index contributed by atoms with van der Waals surface area (Å²) in [4.78, 5) is 55.6. The number of nitrogens with zero attached hydrogens (tertiary/aromatic N) is 5. The standard InChI is InChI=1S/C36H43N7O4/c1-40-20-27(16-30(22-40)38-29-17-34(45)41(2)37-18-29)24-5-3-23(4-6-24)19-42-13-11-25(12-14-42)26-7-8-31-28(15-26)21-43(36(31)47)32-9-10-33(44)39-35(32)46/h3-8,15,17-18,25,27,30,32,38H,9-14,16,19-22H2,1-2H3,(H,39,44,46)/t27-,30+,32?/m0/s1. The molecule has 2 aromatic carbocycles. The Bertz CT molecular complexity index is 1730. The Morgan fingerprint density at radius 3 is 2.40 bits per heavy atom. The number of aromatic nitrogens is 2. The summed E-state index contributed by atoms with van der Waals surface area (Å²) < 4.78 is 1.34. The van der Waals surface area contributed by atoms with E-state index in [4.69, 9.17) is 0 Å². The number of amides is 3. The molecule has 0 aliphatic carbocycles. The molecular formula is C36H43N7O4. The summed E-state index contributed by atoms with van der Waals surface area (Å²) in [5.41, 5.74) is 6.24. The number of nitrogens with one attached hydrogen (secondary N) is 2. The lowest BCUT2D eigenvalue weighted by atomic mass is 9.87. The number of carbonyl (C=O) groups is 3. The van der Waals surface area contributed by atoms with Gasteiger partial charge >= 0.3 is 0 Å². The van der Waals surface area contributed by atoms with E-state index in [-0.39, 0.29) is 35.7 Å². The maximum atomic E-state index is 13.1. The van der Waals surface area contributed by atoms with Gasteiger partial charge in [-0.15, -0.1) is 0 Å². The van der Waals surface area contributed by atoms with Crippen LogP contribution in [0.25, 0.3) is 0 Å². The van der Waals surface area contributed by atoms with E-state index >= 15 is 0 Å². The van der Waals surface area contributed by atoms with Gasteiger partial charge in [0, 0.05) is 57.3 Å². The molecule has 5 heterocycles. The summed E-state index contributed by atoms with van der Waals surface area (Å²) in [6.07, 6.45) is 5.49. The number of likely N-dealkylation sites (tertiary alicyclic amines) is 2. The molecule has 246 valence electrons. The number of aryl methyl sites for hydroxylation is 1. The van der Waals surface area contributed by atoms with E-state index in [1.807, 2.05) is 6.07 Å². The van der Waals surface area contributed by atoms with Crippen molar-refractivity contribution < 1.29 is 14.4 Å². The molecule has 11 heteroatoms. The van der Waals surface area contributed by atoms with Crippen molar-refractivity contribution in [1.82, 2.24) is 29.8 Å². The average Bonchev–Trinajstić information content (AvgIpc) is 3.38. The summed E-state index contributed by atoms with van der Waals surface area (Å²) >= 11 is 0. The zero-order chi connectivity index (χ0) is 32.7. The normalized spacial score (nSPS) is 24.3. The molecule has 3 atom stereocenters. The largest absolute Gasteiger partial charge is 0.380 e. The minimum absolute atomic E-state index is 0.114. The number of hydrogen-bond donors (Lipinski definition) is 2. The maximum Gasteiger partial charge on any atom is 0.268 e. The fourth-order valence-corrected chi connectivity index (χ4v) is 7.88. The molecule has 4 aliphatic rings. The van der Waals surface area contributed by atoms with Crippen LogP contribution in [0.2, 0.25) is 0 Å². The molecule has 11 nitrogen and oxygen atoms in total. The molecule has 3 aromatic rings. The van der Waals surface area contributed by atoms with Crippen molar-refractivity contribution >= 4 is 23.4 Å². The molecule has 0 bridgehead atoms. The molecule has 1 unspecified atom stereocenters. The van der Waals surface area contributed by atoms with E-state index in [0.717, 1.165) is 63.2 Å². The minimum atomic E-state index is -0.582. The highest BCUT2D eigenvalue weighted by Crippen LogP contribution is 2.34. The van der Waals surface area contributed by atoms with Crippen LogP contribution in [0.15, 0.2) is 59.5 Å². The third-order valence-corrected chi connectivity index (χ3v) is 10.4. The van der Waals surface area contributed by atoms with Crippen molar-refractivity contribution in [2.45, 2.75) is 69.1 Å². The van der Waals surface area contributed by atoms with E-state index in [1.165, 1.54) is 21.4 Å². The van der Waals surface area contributed by atoms with E-state index in [9.17, 15) is 19.2 Å². The van der Waals surface area contributed by atoms with E-state index in [2.05, 4.69) is 69.0 Å². The molecule has 2 N–H and O–H groups in total. The Labute approximate surface area is 274 Å². The predicted octanol–water partition coefficient (Wildman–Crippen LogP) is 2.82. The molecule has 1 aromatic heterocycles. The summed E-state index contributed by atoms with van der Waals surface area (Å²) in [6.45, 7) is 5.31. The molecule has 0 spiro atoms. The number of piperidine rings is 3. The summed E-state index contributed by atoms with van der Waals surface area (Å²) in [7, 11) is 3.81. The number of hydrogen-bond acceptors (Lipinski definition) is 8. The van der Waals surface area contributed by atoms with Gasteiger partial charge in [0.1, 0.15) is 6.04 Å². The molecule has 0 radical (unpaired) electrons. The van der Waals surface area contributed by atoms with Crippen molar-refractivity contribution in [3.8, 4) is 0 Å². The van der Waals surface area contributed by atoms with E-state index < -0.39 is 6.04 Å². The van der Waals surface area contributed by atoms with Gasteiger partial charge in [0.05, 0.1) is 11.9 Å². The number of benzene rings is 2. The second kappa shape index (κ2) is 13.0. The smallest absolute Gasteiger partial charge is 0.268 e. The van der Waals surface area contributed by atoms with Crippen molar-refractivity contribution in [3.63, 3.8) is 0 Å². The van der Waals surface area contributed by atoms with Crippen molar-refractivity contribution in [1.29, 1.82) is 0 Å². The van der Waals surface area contributed by atoms with Crippen molar-refractivity contribution in [2.24, 2.45) is 7.05 Å². The van der Waals surface area contributed by atoms with Gasteiger partial charge in [-0.2, -0.15) is 5.10 Å². The van der Waals surface area contributed by atoms with E-state index in [0.29, 0.717) is 30.4 Å². The number of anilines is 1. The van der Waals surface area contributed by atoms with Crippen molar-refractivity contribution in [2.75, 3.05) is 38.5 Å². The molecule has 0 saturated carbocycles. The average molecular weight is 638 g/mol. The zero-order valence-corrected chi connectivity index (χ0v) is 27.2. The first-order valence-electron chi connectivity index (χ1n) is 16.8. The maximum absolute atomic E-state index is 13.1. The first-order valence-corrected chi connectivity index (χ1v) is 16.8. The SMILES string of the molecule is CN1C[C@H](Nc2cnn(C)c(=O)c2)C[C@H](c2ccc(CN3CCC(c4ccc5c(c4)CN(C4CCC(=O)NC4=O)C5=O)CC3)cc2)C1. The van der Waals surface area contributed by atoms with E-state index in [1.54, 1.807) is 24.2 Å². The van der Waals surface area contributed by atoms with Gasteiger partial charge in [-0.1, -0.05) is 36.4 Å². The number of rotatable bonds is 7. The third-order valence-electron chi connectivity index (χ3n) is 10.4. The van der Waals surface area contributed by atoms with Crippen LogP contribution in [-0.2, 0) is 29.7 Å². The highest BCUT2D eigenvalue weighted by molar-refractivity contribution is 6.05. The van der Waals surface area contributed by atoms with Crippen LogP contribution in [0.3, 0.4) is 0 Å². The molecule has 3 saturated heterocycles. The molecule has 3 amide bonds. The van der Waals surface area contributed by atoms with Crippen LogP contribution in [0.4, 0.5) is 5.69 Å². The fourth-order valence-electron chi connectivity index (χ4n) is 7.88. The number of fused-ring (bicyclic) bond motifs is 1. The van der Waals surface area contributed by atoms with Crippen LogP contribution < -0.4 is 16.2 Å². The highest BCUT2D eigenvalue weighted by atomic mass is 16.2. The zero-order valence-electron chi connectivity index (χ0n) is 27.2. The van der Waals surface area contributed by atoms with Gasteiger partial charge in [-0.3, -0.25) is 29.4 Å². The fraction of sp³-hybridized carbons (Fsp3) is 0.472. The highest BCUT2D eigenvalue weighted by Gasteiger charge is 2.39. The molecule has 4 aliphatic heterocycles. The number of imide groups is 1. The molecule has 7 rings (SSSR count).